The van der Waals surface area contributed by atoms with Gasteiger partial charge in [0.2, 0.25) is 0 Å². The predicted octanol–water partition coefficient (Wildman–Crippen LogP) is 1.88. The molecule has 2 N–H and O–H groups in total. The molecule has 0 spiro atoms. The van der Waals surface area contributed by atoms with Crippen LogP contribution >= 0.6 is 0 Å². The van der Waals surface area contributed by atoms with Gasteiger partial charge in [-0.25, -0.2) is 0 Å². The van der Waals surface area contributed by atoms with Crippen molar-refractivity contribution in [2.24, 2.45) is 0 Å². The molecule has 0 bridgehead atoms. The van der Waals surface area contributed by atoms with Crippen LogP contribution in [0.2, 0.25) is 0 Å². The van der Waals surface area contributed by atoms with Crippen molar-refractivity contribution in [1.82, 2.24) is 5.32 Å². The summed E-state index contributed by atoms with van der Waals surface area (Å²) in [7, 11) is 0. The third-order valence-corrected chi connectivity index (χ3v) is 4.05. The molecule has 1 aliphatic heterocycles. The fourth-order valence-electron chi connectivity index (χ4n) is 3.00. The molecule has 3 atom stereocenters. The minimum absolute atomic E-state index is 0.178. The summed E-state index contributed by atoms with van der Waals surface area (Å²) in [6.07, 6.45) is 5.42. The highest BCUT2D eigenvalue weighted by molar-refractivity contribution is 5.37. The Kier molecular flexibility index (Phi) is 3.52. The van der Waals surface area contributed by atoms with Gasteiger partial charge in [0, 0.05) is 19.0 Å². The number of aliphatic hydroxyl groups is 1. The lowest BCUT2D eigenvalue weighted by Gasteiger charge is -2.29. The van der Waals surface area contributed by atoms with Crippen LogP contribution in [0.5, 0.6) is 5.75 Å². The van der Waals surface area contributed by atoms with Crippen LogP contribution in [0.1, 0.15) is 31.2 Å². The van der Waals surface area contributed by atoms with Crippen LogP contribution in [-0.2, 0) is 6.42 Å². The van der Waals surface area contributed by atoms with Gasteiger partial charge in [0.25, 0.3) is 0 Å². The van der Waals surface area contributed by atoms with Gasteiger partial charge in [-0.05, 0) is 24.5 Å². The van der Waals surface area contributed by atoms with Gasteiger partial charge in [-0.15, -0.1) is 0 Å². The van der Waals surface area contributed by atoms with Crippen LogP contribution in [0, 0.1) is 0 Å². The van der Waals surface area contributed by atoms with Gasteiger partial charge in [0.15, 0.2) is 0 Å². The zero-order valence-corrected chi connectivity index (χ0v) is 10.6. The number of benzene rings is 1. The number of hydrogen-bond donors (Lipinski definition) is 2. The molecule has 3 nitrogen and oxygen atoms in total. The van der Waals surface area contributed by atoms with Crippen molar-refractivity contribution in [3.8, 4) is 5.75 Å². The van der Waals surface area contributed by atoms with E-state index in [9.17, 15) is 5.11 Å². The van der Waals surface area contributed by atoms with E-state index >= 15 is 0 Å². The molecule has 1 aliphatic carbocycles. The maximum atomic E-state index is 9.91. The standard InChI is InChI=1S/C15H21NO2/c17-14-7-3-2-6-13(14)16-10-12-9-11-5-1-4-8-15(11)18-12/h1,4-5,8,12-14,16-17H,2-3,6-7,9-10H2. The van der Waals surface area contributed by atoms with Crippen molar-refractivity contribution in [3.63, 3.8) is 0 Å². The second-order valence-electron chi connectivity index (χ2n) is 5.42. The lowest BCUT2D eigenvalue weighted by molar-refractivity contribution is 0.0846. The van der Waals surface area contributed by atoms with Crippen LogP contribution in [0.15, 0.2) is 24.3 Å². The fourth-order valence-corrected chi connectivity index (χ4v) is 3.00. The van der Waals surface area contributed by atoms with Crippen LogP contribution in [0.3, 0.4) is 0 Å². The van der Waals surface area contributed by atoms with E-state index in [1.54, 1.807) is 0 Å². The highest BCUT2D eigenvalue weighted by atomic mass is 16.5. The number of aliphatic hydroxyl groups excluding tert-OH is 1. The van der Waals surface area contributed by atoms with E-state index in [2.05, 4.69) is 17.4 Å². The van der Waals surface area contributed by atoms with E-state index in [4.69, 9.17) is 4.74 Å². The Morgan fingerprint density at radius 3 is 2.89 bits per heavy atom. The Hall–Kier alpha value is -1.06. The first kappa shape index (κ1) is 12.0. The molecule has 18 heavy (non-hydrogen) atoms. The summed E-state index contributed by atoms with van der Waals surface area (Å²) in [5.74, 6) is 1.02. The van der Waals surface area contributed by atoms with Crippen molar-refractivity contribution in [2.45, 2.75) is 50.4 Å². The van der Waals surface area contributed by atoms with Gasteiger partial charge in [-0.1, -0.05) is 31.0 Å². The van der Waals surface area contributed by atoms with Crippen molar-refractivity contribution < 1.29 is 9.84 Å². The number of fused-ring (bicyclic) bond motifs is 1. The molecule has 3 rings (SSSR count). The quantitative estimate of drug-likeness (QED) is 0.857. The van der Waals surface area contributed by atoms with E-state index in [1.807, 2.05) is 12.1 Å². The van der Waals surface area contributed by atoms with Gasteiger partial charge in [0.05, 0.1) is 6.10 Å². The first-order valence-corrected chi connectivity index (χ1v) is 6.99. The summed E-state index contributed by atoms with van der Waals surface area (Å²) in [6, 6.07) is 8.49. The molecule has 0 saturated heterocycles. The monoisotopic (exact) mass is 247 g/mol. The van der Waals surface area contributed by atoms with Crippen molar-refractivity contribution in [3.05, 3.63) is 29.8 Å². The van der Waals surface area contributed by atoms with Crippen LogP contribution in [0.4, 0.5) is 0 Å². The Balaban J connectivity index is 1.51. The number of rotatable bonds is 3. The van der Waals surface area contributed by atoms with Crippen LogP contribution < -0.4 is 10.1 Å². The fraction of sp³-hybridized carbons (Fsp3) is 0.600. The third kappa shape index (κ3) is 2.52. The minimum atomic E-state index is -0.178. The highest BCUT2D eigenvalue weighted by Crippen LogP contribution is 2.28. The van der Waals surface area contributed by atoms with E-state index in [0.717, 1.165) is 38.0 Å². The molecule has 1 aromatic carbocycles. The van der Waals surface area contributed by atoms with Crippen LogP contribution in [-0.4, -0.2) is 29.9 Å². The van der Waals surface area contributed by atoms with Gasteiger partial charge in [-0.3, -0.25) is 0 Å². The molecule has 0 amide bonds. The number of ether oxygens (including phenoxy) is 1. The van der Waals surface area contributed by atoms with Crippen molar-refractivity contribution >= 4 is 0 Å². The normalized spacial score (nSPS) is 30.8. The molecular formula is C15H21NO2. The molecule has 1 fully saturated rings. The molecule has 2 aliphatic rings. The highest BCUT2D eigenvalue weighted by Gasteiger charge is 2.26. The molecule has 3 heteroatoms. The summed E-state index contributed by atoms with van der Waals surface area (Å²) in [4.78, 5) is 0. The molecule has 1 heterocycles. The first-order chi connectivity index (χ1) is 8.83. The second kappa shape index (κ2) is 5.29. The largest absolute Gasteiger partial charge is 0.488 e. The molecule has 0 radical (unpaired) electrons. The number of para-hydroxylation sites is 1. The van der Waals surface area contributed by atoms with Crippen LogP contribution in [0.25, 0.3) is 0 Å². The maximum Gasteiger partial charge on any atom is 0.123 e. The van der Waals surface area contributed by atoms with Gasteiger partial charge in [0.1, 0.15) is 11.9 Å². The molecular weight excluding hydrogens is 226 g/mol. The number of hydrogen-bond acceptors (Lipinski definition) is 3. The minimum Gasteiger partial charge on any atom is -0.488 e. The number of nitrogens with one attached hydrogen (secondary N) is 1. The van der Waals surface area contributed by atoms with Crippen molar-refractivity contribution in [1.29, 1.82) is 0 Å². The zero-order valence-electron chi connectivity index (χ0n) is 10.6. The smallest absolute Gasteiger partial charge is 0.123 e. The average Bonchev–Trinajstić information content (AvgIpc) is 2.80. The first-order valence-electron chi connectivity index (χ1n) is 6.99. The molecule has 1 aromatic rings. The topological polar surface area (TPSA) is 41.5 Å². The molecule has 3 unspecified atom stereocenters. The Morgan fingerprint density at radius 2 is 2.06 bits per heavy atom. The predicted molar refractivity (Wildman–Crippen MR) is 70.8 cm³/mol. The second-order valence-corrected chi connectivity index (χ2v) is 5.42. The zero-order chi connectivity index (χ0) is 12.4. The summed E-state index contributed by atoms with van der Waals surface area (Å²) < 4.78 is 5.89. The van der Waals surface area contributed by atoms with E-state index in [-0.39, 0.29) is 18.2 Å². The van der Waals surface area contributed by atoms with E-state index < -0.39 is 0 Å². The summed E-state index contributed by atoms with van der Waals surface area (Å²) in [6.45, 7) is 0.830. The molecule has 1 saturated carbocycles. The van der Waals surface area contributed by atoms with E-state index in [0.29, 0.717) is 0 Å². The SMILES string of the molecule is OC1CCCCC1NCC1Cc2ccccc2O1. The maximum absolute atomic E-state index is 9.91. The average molecular weight is 247 g/mol. The van der Waals surface area contributed by atoms with Gasteiger partial charge < -0.3 is 15.2 Å². The lowest BCUT2D eigenvalue weighted by Crippen LogP contribution is -2.45. The summed E-state index contributed by atoms with van der Waals surface area (Å²) in [5, 5.41) is 13.4. The summed E-state index contributed by atoms with van der Waals surface area (Å²) in [5.41, 5.74) is 1.30. The Labute approximate surface area is 108 Å². The summed E-state index contributed by atoms with van der Waals surface area (Å²) >= 11 is 0. The Bertz CT molecular complexity index is 382. The Morgan fingerprint density at radius 1 is 1.22 bits per heavy atom. The molecule has 0 aromatic heterocycles. The third-order valence-electron chi connectivity index (χ3n) is 4.05. The van der Waals surface area contributed by atoms with Gasteiger partial charge in [-0.2, -0.15) is 0 Å². The van der Waals surface area contributed by atoms with E-state index in [1.165, 1.54) is 12.0 Å². The molecule has 98 valence electrons. The lowest BCUT2D eigenvalue weighted by atomic mass is 9.92. The van der Waals surface area contributed by atoms with Crippen molar-refractivity contribution in [2.75, 3.05) is 6.54 Å². The van der Waals surface area contributed by atoms with Gasteiger partial charge >= 0.3 is 0 Å².